The molecule has 2 unspecified atom stereocenters. The molecule has 6 heterocycles. The maximum absolute atomic E-state index is 17.8. The molecule has 0 aliphatic carbocycles. The fraction of sp³-hybridized carbons (Fsp3) is 0.520. The normalized spacial score (nSPS) is 20.2. The van der Waals surface area contributed by atoms with E-state index < -0.39 is 19.5 Å². The van der Waals surface area contributed by atoms with Crippen LogP contribution >= 0.6 is 0 Å². The molecule has 8 rings (SSSR count). The SMILES string of the molecule is C=C1CN2CC(=C)CC2(COc2nc(N3CC4CCC(C3)N4C(=O)OC(C)(C)C)c3cnc(-c4ccc(OC)c5cccc(C#C[Si](C(C)C)(C(C)C)C(C)C)c45)c(F)c3n2)C1. The summed E-state index contributed by atoms with van der Waals surface area (Å²) in [5, 5.41) is 2.09. The smallest absolute Gasteiger partial charge is 0.410 e. The number of pyridine rings is 1. The van der Waals surface area contributed by atoms with E-state index in [0.29, 0.717) is 58.8 Å². The van der Waals surface area contributed by atoms with Crippen molar-refractivity contribution in [2.45, 2.75) is 128 Å². The lowest BCUT2D eigenvalue weighted by molar-refractivity contribution is 0.0122. The Morgan fingerprint density at radius 2 is 1.60 bits per heavy atom. The van der Waals surface area contributed by atoms with E-state index in [4.69, 9.17) is 29.2 Å². The summed E-state index contributed by atoms with van der Waals surface area (Å²) < 4.78 is 36.1. The highest BCUT2D eigenvalue weighted by Gasteiger charge is 2.49. The summed E-state index contributed by atoms with van der Waals surface area (Å²) in [6.07, 6.45) is 4.63. The zero-order chi connectivity index (χ0) is 44.5. The van der Waals surface area contributed by atoms with Crippen LogP contribution in [0.4, 0.5) is 15.0 Å². The first kappa shape index (κ1) is 43.6. The number of nitrogens with zero attached hydrogens (tertiary/aromatic N) is 6. The molecule has 0 spiro atoms. The standard InChI is InChI=1S/C50H63FN6O4Si/c1-30(2)62(31(3)4,32(5)6)21-20-35-14-13-15-38-41(59-12)19-18-39(42(35)38)44-43(51)45-40(24-52-44)46(55-27-36-16-17-37(28-55)57(36)48(58)61-49(9,10)11)54-47(53-45)60-29-50-22-33(7)25-56(50)26-34(8)23-50/h13-15,18-19,24,30-32,36-37H,7-8,16-17,22-23,25-29H2,1-6,9-12H3. The molecule has 2 bridgehead atoms. The van der Waals surface area contributed by atoms with E-state index in [1.54, 1.807) is 13.3 Å². The molecule has 2 aromatic heterocycles. The number of benzene rings is 2. The van der Waals surface area contributed by atoms with Gasteiger partial charge in [-0.2, -0.15) is 9.97 Å². The zero-order valence-corrected chi connectivity index (χ0v) is 39.3. The second-order valence-electron chi connectivity index (χ2n) is 20.1. The van der Waals surface area contributed by atoms with Gasteiger partial charge in [0.25, 0.3) is 0 Å². The second-order valence-corrected chi connectivity index (χ2v) is 25.7. The van der Waals surface area contributed by atoms with Crippen molar-refractivity contribution < 1.29 is 23.4 Å². The number of amides is 1. The topological polar surface area (TPSA) is 93.2 Å². The van der Waals surface area contributed by atoms with Crippen molar-refractivity contribution in [1.82, 2.24) is 24.8 Å². The molecule has 0 N–H and O–H groups in total. The number of hydrogen-bond acceptors (Lipinski definition) is 9. The molecule has 0 saturated carbocycles. The van der Waals surface area contributed by atoms with Crippen LogP contribution < -0.4 is 14.4 Å². The van der Waals surface area contributed by atoms with Crippen LogP contribution in [-0.4, -0.2) is 102 Å². The van der Waals surface area contributed by atoms with Gasteiger partial charge < -0.3 is 19.1 Å². The molecular weight excluding hydrogens is 796 g/mol. The molecule has 4 aromatic rings. The number of anilines is 1. The van der Waals surface area contributed by atoms with Crippen molar-refractivity contribution in [3.63, 3.8) is 0 Å². The largest absolute Gasteiger partial charge is 0.496 e. The molecule has 10 nitrogen and oxygen atoms in total. The van der Waals surface area contributed by atoms with E-state index in [1.807, 2.05) is 56.0 Å². The number of halogens is 1. The van der Waals surface area contributed by atoms with Gasteiger partial charge in [0, 0.05) is 54.3 Å². The lowest BCUT2D eigenvalue weighted by Gasteiger charge is -2.42. The van der Waals surface area contributed by atoms with E-state index in [-0.39, 0.29) is 40.9 Å². The van der Waals surface area contributed by atoms with Crippen LogP contribution in [0.5, 0.6) is 11.8 Å². The summed E-state index contributed by atoms with van der Waals surface area (Å²) in [7, 11) is -0.463. The molecular formula is C50H63FN6O4Si. The molecule has 62 heavy (non-hydrogen) atoms. The second kappa shape index (κ2) is 16.3. The third-order valence-electron chi connectivity index (χ3n) is 13.9. The van der Waals surface area contributed by atoms with Crippen molar-refractivity contribution in [3.05, 3.63) is 72.2 Å². The van der Waals surface area contributed by atoms with Crippen molar-refractivity contribution in [3.8, 4) is 34.5 Å². The minimum absolute atomic E-state index is 0.0920. The Labute approximate surface area is 367 Å². The highest BCUT2D eigenvalue weighted by atomic mass is 28.3. The first-order chi connectivity index (χ1) is 29.4. The number of fused-ring (bicyclic) bond motifs is 5. The fourth-order valence-corrected chi connectivity index (χ4v) is 16.5. The van der Waals surface area contributed by atoms with Gasteiger partial charge in [-0.15, -0.1) is 5.54 Å². The summed E-state index contributed by atoms with van der Waals surface area (Å²) in [4.78, 5) is 34.6. The zero-order valence-electron chi connectivity index (χ0n) is 38.3. The van der Waals surface area contributed by atoms with Crippen molar-refractivity contribution in [1.29, 1.82) is 0 Å². The Kier molecular flexibility index (Phi) is 11.5. The molecule has 2 aromatic carbocycles. The van der Waals surface area contributed by atoms with Crippen molar-refractivity contribution in [2.24, 2.45) is 0 Å². The first-order valence-corrected chi connectivity index (χ1v) is 24.6. The Balaban J connectivity index is 1.26. The van der Waals surface area contributed by atoms with Crippen LogP contribution in [0.3, 0.4) is 0 Å². The van der Waals surface area contributed by atoms with E-state index in [9.17, 15) is 4.79 Å². The molecule has 12 heteroatoms. The van der Waals surface area contributed by atoms with Gasteiger partial charge >= 0.3 is 12.1 Å². The van der Waals surface area contributed by atoms with Gasteiger partial charge in [0.15, 0.2) is 5.82 Å². The quantitative estimate of drug-likeness (QED) is 0.0927. The number of carbonyl (C=O) groups excluding carboxylic acids is 1. The van der Waals surface area contributed by atoms with Gasteiger partial charge in [-0.1, -0.05) is 83.9 Å². The van der Waals surface area contributed by atoms with Gasteiger partial charge in [0.05, 0.1) is 30.1 Å². The van der Waals surface area contributed by atoms with Crippen LogP contribution in [0.25, 0.3) is 32.9 Å². The number of piperazine rings is 1. The van der Waals surface area contributed by atoms with Gasteiger partial charge in [0.1, 0.15) is 43.1 Å². The number of aromatic nitrogens is 3. The summed E-state index contributed by atoms with van der Waals surface area (Å²) in [6.45, 7) is 31.0. The van der Waals surface area contributed by atoms with Crippen LogP contribution in [0.15, 0.2) is 60.8 Å². The number of carbonyl (C=O) groups is 1. The summed E-state index contributed by atoms with van der Waals surface area (Å²) in [5.41, 5.74) is 8.32. The van der Waals surface area contributed by atoms with Gasteiger partial charge in [-0.05, 0) is 81.3 Å². The van der Waals surface area contributed by atoms with E-state index in [0.717, 1.165) is 66.3 Å². The maximum Gasteiger partial charge on any atom is 0.410 e. The average molecular weight is 859 g/mol. The van der Waals surface area contributed by atoms with E-state index >= 15 is 4.39 Å². The highest BCUT2D eigenvalue weighted by molar-refractivity contribution is 6.90. The third-order valence-corrected chi connectivity index (χ3v) is 20.2. The maximum atomic E-state index is 17.8. The van der Waals surface area contributed by atoms with Crippen molar-refractivity contribution in [2.75, 3.05) is 44.8 Å². The minimum atomic E-state index is -2.11. The predicted molar refractivity (Wildman–Crippen MR) is 249 cm³/mol. The molecule has 2 atom stereocenters. The first-order valence-electron chi connectivity index (χ1n) is 22.3. The predicted octanol–water partition coefficient (Wildman–Crippen LogP) is 10.5. The number of methoxy groups -OCH3 is 1. The summed E-state index contributed by atoms with van der Waals surface area (Å²) >= 11 is 0. The lowest BCUT2D eigenvalue weighted by Crippen LogP contribution is -2.57. The Morgan fingerprint density at radius 1 is 0.952 bits per heavy atom. The van der Waals surface area contributed by atoms with Crippen LogP contribution in [0, 0.1) is 17.3 Å². The van der Waals surface area contributed by atoms with Crippen LogP contribution in [0.1, 0.15) is 93.6 Å². The molecule has 1 amide bonds. The van der Waals surface area contributed by atoms with Gasteiger partial charge in [-0.3, -0.25) is 14.8 Å². The molecule has 0 radical (unpaired) electrons. The highest BCUT2D eigenvalue weighted by Crippen LogP contribution is 2.45. The Bertz CT molecular complexity index is 2460. The van der Waals surface area contributed by atoms with E-state index in [1.165, 1.54) is 0 Å². The van der Waals surface area contributed by atoms with Crippen molar-refractivity contribution >= 4 is 41.7 Å². The Hall–Kier alpha value is -4.99. The third kappa shape index (κ3) is 7.63. The number of hydrogen-bond donors (Lipinski definition) is 0. The molecule has 4 aliphatic heterocycles. The molecule has 4 fully saturated rings. The Morgan fingerprint density at radius 3 is 2.19 bits per heavy atom. The van der Waals surface area contributed by atoms with E-state index in [2.05, 4.69) is 76.0 Å². The van der Waals surface area contributed by atoms with Gasteiger partial charge in [-0.25, -0.2) is 9.18 Å². The minimum Gasteiger partial charge on any atom is -0.496 e. The molecule has 4 saturated heterocycles. The average Bonchev–Trinajstić information content (AvgIpc) is 3.77. The number of rotatable bonds is 9. The number of ether oxygens (including phenoxy) is 3. The molecule has 328 valence electrons. The van der Waals surface area contributed by atoms with Crippen LogP contribution in [0.2, 0.25) is 16.6 Å². The lowest BCUT2D eigenvalue weighted by atomic mass is 9.92. The monoisotopic (exact) mass is 858 g/mol. The van der Waals surface area contributed by atoms with Crippen LogP contribution in [-0.2, 0) is 4.74 Å². The summed E-state index contributed by atoms with van der Waals surface area (Å²) in [5.74, 6) is 4.30. The fourth-order valence-electron chi connectivity index (χ4n) is 11.3. The summed E-state index contributed by atoms with van der Waals surface area (Å²) in [6, 6.07) is 9.66. The van der Waals surface area contributed by atoms with Gasteiger partial charge in [0.2, 0.25) is 0 Å². The molecule has 4 aliphatic rings.